The zero-order valence-electron chi connectivity index (χ0n) is 15.6. The Balaban J connectivity index is 1.87. The Kier molecular flexibility index (Phi) is 5.16. The quantitative estimate of drug-likeness (QED) is 0.394. The number of rotatable bonds is 5. The molecule has 0 bridgehead atoms. The van der Waals surface area contributed by atoms with Gasteiger partial charge in [0.05, 0.1) is 11.4 Å². The Bertz CT molecular complexity index is 1350. The topological polar surface area (TPSA) is 104 Å². The van der Waals surface area contributed by atoms with Crippen molar-refractivity contribution in [3.05, 3.63) is 80.3 Å². The maximum atomic E-state index is 14.3. The molecule has 0 fully saturated rings. The molecule has 1 aromatic carbocycles. The number of benzene rings is 1. The number of nitrogens with two attached hydrogens (primary N) is 1. The first-order valence-electron chi connectivity index (χ1n) is 8.70. The lowest BCUT2D eigenvalue weighted by Crippen LogP contribution is -2.24. The van der Waals surface area contributed by atoms with E-state index < -0.39 is 17.3 Å². The van der Waals surface area contributed by atoms with Crippen LogP contribution in [0.2, 0.25) is 0 Å². The second kappa shape index (κ2) is 7.78. The zero-order chi connectivity index (χ0) is 21.4. The first kappa shape index (κ1) is 19.9. The van der Waals surface area contributed by atoms with E-state index in [0.717, 1.165) is 4.57 Å². The summed E-state index contributed by atoms with van der Waals surface area (Å²) < 4.78 is 23.8. The molecule has 0 aliphatic carbocycles. The number of amides is 1. The van der Waals surface area contributed by atoms with E-state index in [4.69, 9.17) is 10.5 Å². The summed E-state index contributed by atoms with van der Waals surface area (Å²) in [7, 11) is 1.45. The second-order valence-electron chi connectivity index (χ2n) is 6.38. The lowest BCUT2D eigenvalue weighted by atomic mass is 10.2. The van der Waals surface area contributed by atoms with Crippen molar-refractivity contribution in [1.29, 1.82) is 0 Å². The number of carbonyl (C=O) groups excluding carboxylic acids is 1. The van der Waals surface area contributed by atoms with Gasteiger partial charge in [-0.2, -0.15) is 0 Å². The minimum atomic E-state index is -0.843. The van der Waals surface area contributed by atoms with Gasteiger partial charge in [0, 0.05) is 35.3 Å². The molecule has 0 spiro atoms. The molecule has 0 aliphatic heterocycles. The minimum absolute atomic E-state index is 0.0380. The molecule has 30 heavy (non-hydrogen) atoms. The SMILES string of the molecule is Cn1c(Oc2cccn3ccnc23)c(C(N)=O)c(Nc2ccc(I)cc2F)cc1=O. The van der Waals surface area contributed by atoms with Gasteiger partial charge in [0.25, 0.3) is 11.5 Å². The predicted molar refractivity (Wildman–Crippen MR) is 118 cm³/mol. The van der Waals surface area contributed by atoms with Gasteiger partial charge in [0.1, 0.15) is 11.4 Å². The van der Waals surface area contributed by atoms with Gasteiger partial charge >= 0.3 is 0 Å². The molecule has 0 unspecified atom stereocenters. The average Bonchev–Trinajstić information content (AvgIpc) is 3.17. The standard InChI is InChI=1S/C20H15FIN5O3/c1-26-16(28)10-14(25-13-5-4-11(22)9-12(13)21)17(18(23)29)20(26)30-15-3-2-7-27-8-6-24-19(15)27/h2-10,25H,1H3,(H2,23,29). The summed E-state index contributed by atoms with van der Waals surface area (Å²) in [5.41, 5.74) is 5.66. The number of ether oxygens (including phenoxy) is 1. The largest absolute Gasteiger partial charge is 0.436 e. The molecule has 3 heterocycles. The summed E-state index contributed by atoms with van der Waals surface area (Å²) in [4.78, 5) is 29.1. The summed E-state index contributed by atoms with van der Waals surface area (Å²) in [6.45, 7) is 0. The number of nitrogens with one attached hydrogen (secondary N) is 1. The van der Waals surface area contributed by atoms with E-state index >= 15 is 0 Å². The highest BCUT2D eigenvalue weighted by Gasteiger charge is 2.22. The molecular weight excluding hydrogens is 504 g/mol. The van der Waals surface area contributed by atoms with Crippen LogP contribution in [-0.4, -0.2) is 19.9 Å². The van der Waals surface area contributed by atoms with Gasteiger partial charge in [-0.05, 0) is 52.9 Å². The molecule has 10 heteroatoms. The molecule has 3 N–H and O–H groups in total. The van der Waals surface area contributed by atoms with Crippen molar-refractivity contribution in [3.63, 3.8) is 0 Å². The molecule has 0 radical (unpaired) electrons. The Morgan fingerprint density at radius 2 is 2.03 bits per heavy atom. The van der Waals surface area contributed by atoms with E-state index in [-0.39, 0.29) is 22.8 Å². The summed E-state index contributed by atoms with van der Waals surface area (Å²) in [6.07, 6.45) is 5.10. The van der Waals surface area contributed by atoms with Gasteiger partial charge in [-0.1, -0.05) is 0 Å². The third-order valence-electron chi connectivity index (χ3n) is 4.42. The van der Waals surface area contributed by atoms with E-state index in [1.807, 2.05) is 22.6 Å². The molecule has 3 aromatic heterocycles. The number of imidazole rings is 1. The van der Waals surface area contributed by atoms with Crippen molar-refractivity contribution in [2.45, 2.75) is 0 Å². The average molecular weight is 519 g/mol. The van der Waals surface area contributed by atoms with Gasteiger partial charge in [0.2, 0.25) is 5.88 Å². The van der Waals surface area contributed by atoms with Crippen molar-refractivity contribution in [2.24, 2.45) is 12.8 Å². The molecular formula is C20H15FIN5O3. The Morgan fingerprint density at radius 1 is 1.23 bits per heavy atom. The number of hydrogen-bond acceptors (Lipinski definition) is 5. The van der Waals surface area contributed by atoms with Crippen LogP contribution in [0.25, 0.3) is 5.65 Å². The Labute approximate surface area is 183 Å². The molecule has 152 valence electrons. The number of nitrogens with zero attached hydrogens (tertiary/aromatic N) is 3. The maximum absolute atomic E-state index is 14.3. The highest BCUT2D eigenvalue weighted by Crippen LogP contribution is 2.32. The van der Waals surface area contributed by atoms with Crippen molar-refractivity contribution in [1.82, 2.24) is 14.0 Å². The molecule has 0 saturated carbocycles. The first-order chi connectivity index (χ1) is 14.3. The number of halogens is 2. The normalized spacial score (nSPS) is 10.9. The number of fused-ring (bicyclic) bond motifs is 1. The Hall–Kier alpha value is -3.41. The van der Waals surface area contributed by atoms with E-state index in [2.05, 4.69) is 10.3 Å². The van der Waals surface area contributed by atoms with Gasteiger partial charge < -0.3 is 20.2 Å². The van der Waals surface area contributed by atoms with Gasteiger partial charge in [0.15, 0.2) is 11.4 Å². The fraction of sp³-hybridized carbons (Fsp3) is 0.0500. The lowest BCUT2D eigenvalue weighted by Gasteiger charge is -2.18. The smallest absolute Gasteiger partial charge is 0.256 e. The van der Waals surface area contributed by atoms with Gasteiger partial charge in [-0.15, -0.1) is 0 Å². The van der Waals surface area contributed by atoms with Crippen LogP contribution in [0.5, 0.6) is 11.6 Å². The van der Waals surface area contributed by atoms with Gasteiger partial charge in [-0.3, -0.25) is 14.2 Å². The lowest BCUT2D eigenvalue weighted by molar-refractivity contribution is 0.0997. The third-order valence-corrected chi connectivity index (χ3v) is 5.09. The molecule has 0 atom stereocenters. The Morgan fingerprint density at radius 3 is 2.77 bits per heavy atom. The minimum Gasteiger partial charge on any atom is -0.436 e. The monoisotopic (exact) mass is 519 g/mol. The third kappa shape index (κ3) is 3.61. The molecule has 0 aliphatic rings. The summed E-state index contributed by atoms with van der Waals surface area (Å²) in [6, 6.07) is 9.06. The van der Waals surface area contributed by atoms with Crippen LogP contribution in [0.15, 0.2) is 59.8 Å². The highest BCUT2D eigenvalue weighted by molar-refractivity contribution is 14.1. The molecule has 4 rings (SSSR count). The first-order valence-corrected chi connectivity index (χ1v) is 9.78. The van der Waals surface area contributed by atoms with E-state index in [0.29, 0.717) is 15.0 Å². The van der Waals surface area contributed by atoms with Crippen molar-refractivity contribution in [3.8, 4) is 11.6 Å². The van der Waals surface area contributed by atoms with Gasteiger partial charge in [-0.25, -0.2) is 9.37 Å². The number of aromatic nitrogens is 3. The van der Waals surface area contributed by atoms with Crippen LogP contribution in [0.1, 0.15) is 10.4 Å². The van der Waals surface area contributed by atoms with Crippen LogP contribution < -0.4 is 21.3 Å². The summed E-state index contributed by atoms with van der Waals surface area (Å²) in [5, 5.41) is 2.78. The van der Waals surface area contributed by atoms with Crippen LogP contribution in [0.4, 0.5) is 15.8 Å². The molecule has 0 saturated heterocycles. The van der Waals surface area contributed by atoms with Crippen LogP contribution in [0.3, 0.4) is 0 Å². The fourth-order valence-corrected chi connectivity index (χ4v) is 3.43. The van der Waals surface area contributed by atoms with Crippen molar-refractivity contribution < 1.29 is 13.9 Å². The number of primary amides is 1. The zero-order valence-corrected chi connectivity index (χ0v) is 17.8. The molecule has 1 amide bonds. The number of carbonyl (C=O) groups is 1. The molecule has 4 aromatic rings. The van der Waals surface area contributed by atoms with E-state index in [9.17, 15) is 14.0 Å². The highest BCUT2D eigenvalue weighted by atomic mass is 127. The number of pyridine rings is 2. The van der Waals surface area contributed by atoms with Crippen molar-refractivity contribution in [2.75, 3.05) is 5.32 Å². The predicted octanol–water partition coefficient (Wildman–Crippen LogP) is 3.41. The van der Waals surface area contributed by atoms with Crippen LogP contribution >= 0.6 is 22.6 Å². The molecule has 8 nitrogen and oxygen atoms in total. The maximum Gasteiger partial charge on any atom is 0.256 e. The number of hydrogen-bond donors (Lipinski definition) is 2. The fourth-order valence-electron chi connectivity index (χ4n) is 2.97. The summed E-state index contributed by atoms with van der Waals surface area (Å²) >= 11 is 1.98. The second-order valence-corrected chi connectivity index (χ2v) is 7.63. The van der Waals surface area contributed by atoms with Crippen molar-refractivity contribution >= 4 is 45.5 Å². The van der Waals surface area contributed by atoms with Crippen LogP contribution in [0, 0.1) is 9.39 Å². The summed E-state index contributed by atoms with van der Waals surface area (Å²) in [5.74, 6) is -1.15. The van der Waals surface area contributed by atoms with Crippen LogP contribution in [-0.2, 0) is 7.05 Å². The number of anilines is 2. The van der Waals surface area contributed by atoms with E-state index in [1.54, 1.807) is 41.2 Å². The van der Waals surface area contributed by atoms with E-state index in [1.165, 1.54) is 25.2 Å².